The molecule has 0 amide bonds. The first kappa shape index (κ1) is 25.1. The van der Waals surface area contributed by atoms with Crippen molar-refractivity contribution >= 4 is 33.0 Å². The zero-order valence-corrected chi connectivity index (χ0v) is 21.0. The Balaban J connectivity index is 2.77. The first-order chi connectivity index (χ1) is 14.4. The predicted octanol–water partition coefficient (Wildman–Crippen LogP) is 7.86. The molecule has 1 aromatic rings. The van der Waals surface area contributed by atoms with Gasteiger partial charge in [0, 0.05) is 11.6 Å². The average molecular weight is 491 g/mol. The molecule has 0 atom stereocenters. The van der Waals surface area contributed by atoms with Gasteiger partial charge in [-0.1, -0.05) is 46.8 Å². The molecule has 0 unspecified atom stereocenters. The fourth-order valence-corrected chi connectivity index (χ4v) is 5.23. The van der Waals surface area contributed by atoms with Gasteiger partial charge in [-0.25, -0.2) is 9.18 Å². The van der Waals surface area contributed by atoms with E-state index in [2.05, 4.69) is 55.8 Å². The molecule has 0 saturated heterocycles. The maximum Gasteiger partial charge on any atom is 0.328 e. The molecule has 2 rings (SSSR count). The lowest BCUT2D eigenvalue weighted by Crippen LogP contribution is -2.24. The molecular weight excluding hydrogens is 459 g/mol. The summed E-state index contributed by atoms with van der Waals surface area (Å²) in [5.41, 5.74) is 5.18. The van der Waals surface area contributed by atoms with Gasteiger partial charge in [0.25, 0.3) is 0 Å². The average Bonchev–Trinajstić information content (AvgIpc) is 2.65. The summed E-state index contributed by atoms with van der Waals surface area (Å²) in [6, 6.07) is 2.05. The summed E-state index contributed by atoms with van der Waals surface area (Å²) in [6.45, 7) is 12.3. The molecule has 0 spiro atoms. The van der Waals surface area contributed by atoms with E-state index >= 15 is 4.39 Å². The number of hydrogen-bond acceptors (Lipinski definition) is 2. The van der Waals surface area contributed by atoms with E-state index in [1.807, 2.05) is 6.92 Å². The third-order valence-corrected chi connectivity index (χ3v) is 6.43. The zero-order valence-electron chi connectivity index (χ0n) is 19.4. The molecule has 1 aliphatic rings. The van der Waals surface area contributed by atoms with Crippen molar-refractivity contribution in [2.24, 2.45) is 5.92 Å². The van der Waals surface area contributed by atoms with Crippen LogP contribution in [-0.4, -0.2) is 18.2 Å². The number of fused-ring (bicyclic) bond motifs is 1. The van der Waals surface area contributed by atoms with Crippen LogP contribution in [0.15, 0.2) is 46.2 Å². The summed E-state index contributed by atoms with van der Waals surface area (Å²) >= 11 is 3.78. The lowest BCUT2D eigenvalue weighted by Gasteiger charge is -2.36. The van der Waals surface area contributed by atoms with Crippen LogP contribution in [0, 0.1) is 5.92 Å². The van der Waals surface area contributed by atoms with Crippen LogP contribution in [-0.2, 0) is 10.2 Å². The van der Waals surface area contributed by atoms with Crippen LogP contribution in [0.2, 0.25) is 0 Å². The van der Waals surface area contributed by atoms with Gasteiger partial charge in [-0.2, -0.15) is 0 Å². The van der Waals surface area contributed by atoms with Crippen molar-refractivity contribution in [3.63, 3.8) is 0 Å². The van der Waals surface area contributed by atoms with E-state index in [0.29, 0.717) is 34.8 Å². The Labute approximate surface area is 193 Å². The van der Waals surface area contributed by atoms with Crippen LogP contribution in [0.25, 0.3) is 11.1 Å². The van der Waals surface area contributed by atoms with E-state index in [9.17, 15) is 4.79 Å². The molecule has 1 aromatic carbocycles. The minimum absolute atomic E-state index is 0.0777. The molecule has 0 radical (unpaired) electrons. The summed E-state index contributed by atoms with van der Waals surface area (Å²) in [7, 11) is 1.60. The van der Waals surface area contributed by atoms with E-state index in [1.54, 1.807) is 14.0 Å². The molecule has 5 heteroatoms. The number of carboxylic acids is 1. The monoisotopic (exact) mass is 490 g/mol. The molecule has 0 heterocycles. The highest BCUT2D eigenvalue weighted by Gasteiger charge is 2.34. The summed E-state index contributed by atoms with van der Waals surface area (Å²) in [4.78, 5) is 10.8. The number of aliphatic carboxylic acids is 1. The normalized spacial score (nSPS) is 16.8. The van der Waals surface area contributed by atoms with Gasteiger partial charge in [0.15, 0.2) is 0 Å². The van der Waals surface area contributed by atoms with Gasteiger partial charge in [-0.15, -0.1) is 0 Å². The highest BCUT2D eigenvalue weighted by molar-refractivity contribution is 9.10. The number of halogens is 2. The minimum atomic E-state index is -1.06. The fourth-order valence-electron chi connectivity index (χ4n) is 4.10. The minimum Gasteiger partial charge on any atom is -0.495 e. The van der Waals surface area contributed by atoms with Crippen molar-refractivity contribution in [1.82, 2.24) is 0 Å². The summed E-state index contributed by atoms with van der Waals surface area (Å²) < 4.78 is 21.9. The Morgan fingerprint density at radius 3 is 2.52 bits per heavy atom. The molecule has 0 saturated carbocycles. The van der Waals surface area contributed by atoms with Gasteiger partial charge in [-0.3, -0.25) is 0 Å². The molecule has 1 aliphatic carbocycles. The fraction of sp³-hybridized carbons (Fsp3) is 0.423. The number of carboxylic acid groups (broad SMARTS) is 1. The third kappa shape index (κ3) is 5.38. The lowest BCUT2D eigenvalue weighted by molar-refractivity contribution is -0.131. The molecule has 0 aliphatic heterocycles. The van der Waals surface area contributed by atoms with Crippen LogP contribution >= 0.6 is 15.9 Å². The molecule has 168 valence electrons. The van der Waals surface area contributed by atoms with Gasteiger partial charge >= 0.3 is 5.97 Å². The van der Waals surface area contributed by atoms with Crippen LogP contribution in [0.5, 0.6) is 5.75 Å². The standard InChI is InChI=1S/C26H32BrFO3/c1-8-17(21(28)10-9-16(4)13-22(29)30)20-14-19-18(15(2)3)11-12-26(5,6)23(19)24(27)25(20)31-7/h9-11,13-15H,8,12H2,1-7H3,(H,29,30). The summed E-state index contributed by atoms with van der Waals surface area (Å²) in [6.07, 6.45) is 7.53. The number of ether oxygens (including phenoxy) is 1. The SMILES string of the molecule is CCC(=C(F)C=CC(C)=CC(=O)O)c1cc2c(c(Br)c1OC)C(C)(C)CC=C2C(C)C. The summed E-state index contributed by atoms with van der Waals surface area (Å²) in [5, 5.41) is 8.86. The van der Waals surface area contributed by atoms with Crippen LogP contribution < -0.4 is 4.74 Å². The van der Waals surface area contributed by atoms with E-state index in [4.69, 9.17) is 9.84 Å². The molecule has 0 fully saturated rings. The van der Waals surface area contributed by atoms with Crippen molar-refractivity contribution in [2.45, 2.75) is 59.8 Å². The van der Waals surface area contributed by atoms with Crippen LogP contribution in [0.1, 0.15) is 71.1 Å². The maximum absolute atomic E-state index is 15.3. The second-order valence-corrected chi connectivity index (χ2v) is 9.63. The van der Waals surface area contributed by atoms with Crippen molar-refractivity contribution in [3.05, 3.63) is 62.9 Å². The smallest absolute Gasteiger partial charge is 0.328 e. The highest BCUT2D eigenvalue weighted by Crippen LogP contribution is 2.50. The molecule has 3 nitrogen and oxygen atoms in total. The van der Waals surface area contributed by atoms with Crippen LogP contribution in [0.3, 0.4) is 0 Å². The van der Waals surface area contributed by atoms with Gasteiger partial charge in [0.1, 0.15) is 11.6 Å². The Kier molecular flexibility index (Phi) is 8.09. The molecular formula is C26H32BrFO3. The molecule has 0 bridgehead atoms. The van der Waals surface area contributed by atoms with Crippen molar-refractivity contribution < 1.29 is 19.0 Å². The van der Waals surface area contributed by atoms with E-state index in [0.717, 1.165) is 22.5 Å². The van der Waals surface area contributed by atoms with Crippen molar-refractivity contribution in [2.75, 3.05) is 7.11 Å². The van der Waals surface area contributed by atoms with Crippen molar-refractivity contribution in [1.29, 1.82) is 0 Å². The van der Waals surface area contributed by atoms with Crippen molar-refractivity contribution in [3.8, 4) is 5.75 Å². The molecule has 0 aromatic heterocycles. The maximum atomic E-state index is 15.3. The molecule has 31 heavy (non-hydrogen) atoms. The van der Waals surface area contributed by atoms with Gasteiger partial charge < -0.3 is 9.84 Å². The lowest BCUT2D eigenvalue weighted by atomic mass is 9.70. The third-order valence-electron chi connectivity index (χ3n) is 5.68. The van der Waals surface area contributed by atoms with Gasteiger partial charge in [0.05, 0.1) is 11.6 Å². The van der Waals surface area contributed by atoms with E-state index in [-0.39, 0.29) is 5.41 Å². The topological polar surface area (TPSA) is 46.5 Å². The van der Waals surface area contributed by atoms with E-state index < -0.39 is 11.8 Å². The molecule has 1 N–H and O–H groups in total. The Morgan fingerprint density at radius 1 is 1.35 bits per heavy atom. The number of hydrogen-bond donors (Lipinski definition) is 1. The van der Waals surface area contributed by atoms with E-state index in [1.165, 1.54) is 23.3 Å². The number of rotatable bonds is 7. The quantitative estimate of drug-likeness (QED) is 0.312. The van der Waals surface area contributed by atoms with Crippen LogP contribution in [0.4, 0.5) is 4.39 Å². The van der Waals surface area contributed by atoms with Gasteiger partial charge in [0.2, 0.25) is 0 Å². The Hall–Kier alpha value is -2.14. The Bertz CT molecular complexity index is 994. The zero-order chi connectivity index (χ0) is 23.5. The number of carbonyl (C=O) groups is 1. The largest absolute Gasteiger partial charge is 0.495 e. The Morgan fingerprint density at radius 2 is 2.00 bits per heavy atom. The second-order valence-electron chi connectivity index (χ2n) is 8.84. The van der Waals surface area contributed by atoms with Gasteiger partial charge in [-0.05, 0) is 87.0 Å². The second kappa shape index (κ2) is 9.99. The first-order valence-corrected chi connectivity index (χ1v) is 11.3. The number of benzene rings is 1. The highest BCUT2D eigenvalue weighted by atomic mass is 79.9. The number of allylic oxidation sites excluding steroid dienone is 7. The summed E-state index contributed by atoms with van der Waals surface area (Å²) in [5.74, 6) is -0.505. The predicted molar refractivity (Wildman–Crippen MR) is 130 cm³/mol. The number of methoxy groups -OCH3 is 1. The first-order valence-electron chi connectivity index (χ1n) is 10.5.